The van der Waals surface area contributed by atoms with Crippen molar-refractivity contribution in [2.75, 3.05) is 6.54 Å². The van der Waals surface area contributed by atoms with Gasteiger partial charge in [0.2, 0.25) is 0 Å². The molecule has 0 saturated carbocycles. The van der Waals surface area contributed by atoms with Crippen molar-refractivity contribution in [2.24, 2.45) is 5.92 Å². The molecule has 0 aromatic heterocycles. The van der Waals surface area contributed by atoms with E-state index < -0.39 is 0 Å². The van der Waals surface area contributed by atoms with E-state index in [1.165, 1.54) is 24.3 Å². The quantitative estimate of drug-likeness (QED) is 0.777. The molecule has 88 valence electrons. The molecule has 1 atom stereocenters. The Morgan fingerprint density at radius 3 is 2.31 bits per heavy atom. The van der Waals surface area contributed by atoms with Crippen molar-refractivity contribution < 1.29 is 9.18 Å². The summed E-state index contributed by atoms with van der Waals surface area (Å²) in [5, 5.41) is 3.15. The third-order valence-corrected chi connectivity index (χ3v) is 2.35. The number of hydrogen-bond acceptors (Lipinski definition) is 2. The molecule has 0 heterocycles. The van der Waals surface area contributed by atoms with Crippen LogP contribution in [0.25, 0.3) is 0 Å². The summed E-state index contributed by atoms with van der Waals surface area (Å²) in [5.74, 6) is 0.184. The predicted molar refractivity (Wildman–Crippen MR) is 63.0 cm³/mol. The van der Waals surface area contributed by atoms with Gasteiger partial charge in [0.05, 0.1) is 6.04 Å². The molecule has 16 heavy (non-hydrogen) atoms. The van der Waals surface area contributed by atoms with Crippen LogP contribution < -0.4 is 5.32 Å². The molecule has 0 radical (unpaired) electrons. The van der Waals surface area contributed by atoms with Crippen LogP contribution in [0.3, 0.4) is 0 Å². The zero-order valence-corrected chi connectivity index (χ0v) is 9.96. The molecule has 0 aliphatic heterocycles. The van der Waals surface area contributed by atoms with E-state index in [-0.39, 0.29) is 17.6 Å². The minimum Gasteiger partial charge on any atom is -0.307 e. The molecule has 0 bridgehead atoms. The molecule has 1 N–H and O–H groups in total. The van der Waals surface area contributed by atoms with Gasteiger partial charge in [-0.15, -0.1) is 0 Å². The van der Waals surface area contributed by atoms with Gasteiger partial charge >= 0.3 is 0 Å². The van der Waals surface area contributed by atoms with Gasteiger partial charge in [0, 0.05) is 5.56 Å². The summed E-state index contributed by atoms with van der Waals surface area (Å²) in [4.78, 5) is 11.9. The molecule has 1 aromatic carbocycles. The first-order valence-electron chi connectivity index (χ1n) is 5.54. The van der Waals surface area contributed by atoms with Crippen molar-refractivity contribution in [1.29, 1.82) is 0 Å². The van der Waals surface area contributed by atoms with Gasteiger partial charge in [-0.05, 0) is 43.7 Å². The predicted octanol–water partition coefficient (Wildman–Crippen LogP) is 2.64. The molecule has 0 aliphatic rings. The Morgan fingerprint density at radius 1 is 1.25 bits per heavy atom. The number of carbonyl (C=O) groups excluding carboxylic acids is 1. The molecule has 1 aromatic rings. The molecule has 0 aliphatic carbocycles. The molecule has 2 nitrogen and oxygen atoms in total. The molecule has 0 amide bonds. The fraction of sp³-hybridized carbons (Fsp3) is 0.462. The second kappa shape index (κ2) is 5.75. The van der Waals surface area contributed by atoms with E-state index in [1.807, 2.05) is 6.92 Å². The van der Waals surface area contributed by atoms with Crippen molar-refractivity contribution in [2.45, 2.75) is 26.8 Å². The first-order chi connectivity index (χ1) is 7.50. The molecular weight excluding hydrogens is 205 g/mol. The normalized spacial score (nSPS) is 12.8. The van der Waals surface area contributed by atoms with Crippen LogP contribution in [0.5, 0.6) is 0 Å². The highest BCUT2D eigenvalue weighted by molar-refractivity contribution is 5.99. The van der Waals surface area contributed by atoms with Crippen LogP contribution in [0.15, 0.2) is 24.3 Å². The van der Waals surface area contributed by atoms with E-state index in [9.17, 15) is 9.18 Å². The number of Topliss-reactive ketones (excluding diaryl/α,β-unsaturated/α-hetero) is 1. The van der Waals surface area contributed by atoms with E-state index >= 15 is 0 Å². The van der Waals surface area contributed by atoms with E-state index in [1.54, 1.807) is 0 Å². The fourth-order valence-corrected chi connectivity index (χ4v) is 1.37. The Hall–Kier alpha value is -1.22. The Morgan fingerprint density at radius 2 is 1.81 bits per heavy atom. The van der Waals surface area contributed by atoms with Crippen LogP contribution in [0.2, 0.25) is 0 Å². The van der Waals surface area contributed by atoms with Crippen LogP contribution in [0.1, 0.15) is 31.1 Å². The summed E-state index contributed by atoms with van der Waals surface area (Å²) < 4.78 is 12.7. The third kappa shape index (κ3) is 3.74. The smallest absolute Gasteiger partial charge is 0.179 e. The second-order valence-corrected chi connectivity index (χ2v) is 4.39. The highest BCUT2D eigenvalue weighted by Crippen LogP contribution is 2.06. The SMILES string of the molecule is CC(C)CNC(C)C(=O)c1ccc(F)cc1. The maximum Gasteiger partial charge on any atom is 0.179 e. The van der Waals surface area contributed by atoms with Gasteiger partial charge in [-0.2, -0.15) is 0 Å². The zero-order valence-electron chi connectivity index (χ0n) is 9.96. The van der Waals surface area contributed by atoms with Crippen molar-refractivity contribution in [1.82, 2.24) is 5.32 Å². The molecular formula is C13H18FNO. The van der Waals surface area contributed by atoms with Crippen molar-refractivity contribution in [3.63, 3.8) is 0 Å². The van der Waals surface area contributed by atoms with Crippen LogP contribution >= 0.6 is 0 Å². The van der Waals surface area contributed by atoms with Crippen LogP contribution in [-0.2, 0) is 0 Å². The summed E-state index contributed by atoms with van der Waals surface area (Å²) in [7, 11) is 0. The highest BCUT2D eigenvalue weighted by Gasteiger charge is 2.14. The van der Waals surface area contributed by atoms with Gasteiger partial charge in [0.25, 0.3) is 0 Å². The van der Waals surface area contributed by atoms with Gasteiger partial charge in [0.1, 0.15) is 5.82 Å². The van der Waals surface area contributed by atoms with Crippen molar-refractivity contribution in [3.8, 4) is 0 Å². The minimum absolute atomic E-state index is 0.000602. The third-order valence-electron chi connectivity index (χ3n) is 2.35. The lowest BCUT2D eigenvalue weighted by molar-refractivity contribution is 0.0949. The van der Waals surface area contributed by atoms with Crippen LogP contribution in [0.4, 0.5) is 4.39 Å². The number of hydrogen-bond donors (Lipinski definition) is 1. The highest BCUT2D eigenvalue weighted by atomic mass is 19.1. The van der Waals surface area contributed by atoms with Crippen molar-refractivity contribution in [3.05, 3.63) is 35.6 Å². The maximum atomic E-state index is 12.7. The number of rotatable bonds is 5. The molecule has 0 saturated heterocycles. The Bertz CT molecular complexity index is 345. The average molecular weight is 223 g/mol. The lowest BCUT2D eigenvalue weighted by atomic mass is 10.0. The number of ketones is 1. The summed E-state index contributed by atoms with van der Waals surface area (Å²) in [6.45, 7) is 6.80. The van der Waals surface area contributed by atoms with E-state index in [0.29, 0.717) is 11.5 Å². The van der Waals surface area contributed by atoms with Gasteiger partial charge in [0.15, 0.2) is 5.78 Å². The molecule has 0 fully saturated rings. The summed E-state index contributed by atoms with van der Waals surface area (Å²) in [6.07, 6.45) is 0. The van der Waals surface area contributed by atoms with Gasteiger partial charge in [-0.3, -0.25) is 4.79 Å². The first-order valence-corrected chi connectivity index (χ1v) is 5.54. The minimum atomic E-state index is -0.320. The Kier molecular flexibility index (Phi) is 4.62. The second-order valence-electron chi connectivity index (χ2n) is 4.39. The summed E-state index contributed by atoms with van der Waals surface area (Å²) in [5.41, 5.74) is 0.546. The first kappa shape index (κ1) is 12.8. The van der Waals surface area contributed by atoms with E-state index in [2.05, 4.69) is 19.2 Å². The van der Waals surface area contributed by atoms with Gasteiger partial charge in [-0.1, -0.05) is 13.8 Å². The van der Waals surface area contributed by atoms with E-state index in [0.717, 1.165) is 6.54 Å². The van der Waals surface area contributed by atoms with Gasteiger partial charge in [-0.25, -0.2) is 4.39 Å². The molecule has 1 rings (SSSR count). The van der Waals surface area contributed by atoms with E-state index in [4.69, 9.17) is 0 Å². The van der Waals surface area contributed by atoms with Gasteiger partial charge < -0.3 is 5.32 Å². The standard InChI is InChI=1S/C13H18FNO/c1-9(2)8-15-10(3)13(16)11-4-6-12(14)7-5-11/h4-7,9-10,15H,8H2,1-3H3. The largest absolute Gasteiger partial charge is 0.307 e. The monoisotopic (exact) mass is 223 g/mol. The lowest BCUT2D eigenvalue weighted by Crippen LogP contribution is -2.36. The van der Waals surface area contributed by atoms with Crippen molar-refractivity contribution >= 4 is 5.78 Å². The molecule has 3 heteroatoms. The lowest BCUT2D eigenvalue weighted by Gasteiger charge is -2.14. The van der Waals surface area contributed by atoms with Crippen LogP contribution in [0, 0.1) is 11.7 Å². The number of nitrogens with one attached hydrogen (secondary N) is 1. The topological polar surface area (TPSA) is 29.1 Å². The number of benzene rings is 1. The number of carbonyl (C=O) groups is 1. The average Bonchev–Trinajstić information content (AvgIpc) is 2.26. The Balaban J connectivity index is 2.60. The van der Waals surface area contributed by atoms with Crippen LogP contribution in [-0.4, -0.2) is 18.4 Å². The summed E-state index contributed by atoms with van der Waals surface area (Å²) >= 11 is 0. The molecule has 1 unspecified atom stereocenters. The molecule has 0 spiro atoms. The fourth-order valence-electron chi connectivity index (χ4n) is 1.37. The maximum absolute atomic E-state index is 12.7. The number of halogens is 1. The zero-order chi connectivity index (χ0) is 12.1. The summed E-state index contributed by atoms with van der Waals surface area (Å²) in [6, 6.07) is 5.43. The Labute approximate surface area is 95.9 Å².